The van der Waals surface area contributed by atoms with Crippen molar-refractivity contribution in [1.29, 1.82) is 0 Å². The first kappa shape index (κ1) is 21.4. The van der Waals surface area contributed by atoms with Gasteiger partial charge in [0, 0.05) is 0 Å². The number of hydrogen-bond acceptors (Lipinski definition) is 0. The average molecular weight is 317 g/mol. The molecule has 0 rings (SSSR count). The molecule has 0 aliphatic carbocycles. The van der Waals surface area contributed by atoms with E-state index in [2.05, 4.69) is 27.7 Å². The van der Waals surface area contributed by atoms with E-state index >= 15 is 0 Å². The molecule has 0 aliphatic heterocycles. The maximum absolute atomic E-state index is 2.38. The summed E-state index contributed by atoms with van der Waals surface area (Å²) < 4.78 is 0. The monoisotopic (exact) mass is 316 g/mol. The zero-order valence-corrected chi connectivity index (χ0v) is 16.8. The fourth-order valence-corrected chi connectivity index (χ4v) is 9.50. The molecule has 0 nitrogen and oxygen atoms in total. The molecule has 0 bridgehead atoms. The number of hydrogen-bond donors (Lipinski definition) is 0. The van der Waals surface area contributed by atoms with E-state index < -0.39 is 7.26 Å². The van der Waals surface area contributed by atoms with Crippen molar-refractivity contribution in [2.45, 2.75) is 105 Å². The third-order valence-electron chi connectivity index (χ3n) is 5.24. The summed E-state index contributed by atoms with van der Waals surface area (Å²) in [4.78, 5) is 0. The van der Waals surface area contributed by atoms with Crippen LogP contribution in [0.1, 0.15) is 105 Å². The Morgan fingerprint density at radius 1 is 0.381 bits per heavy atom. The van der Waals surface area contributed by atoms with Gasteiger partial charge in [-0.05, 0) is 0 Å². The number of rotatable bonds is 16. The topological polar surface area (TPSA) is 0 Å². The van der Waals surface area contributed by atoms with E-state index in [1.54, 1.807) is 31.1 Å². The van der Waals surface area contributed by atoms with Gasteiger partial charge in [0.2, 0.25) is 0 Å². The molecule has 0 atom stereocenters. The molecule has 0 saturated heterocycles. The second kappa shape index (κ2) is 15.3. The SMILES string of the molecule is CCCCCCCC[PH](CCCC)(CCCC)CCCC. The second-order valence-electron chi connectivity index (χ2n) is 7.33. The van der Waals surface area contributed by atoms with Crippen LogP contribution in [0.2, 0.25) is 0 Å². The van der Waals surface area contributed by atoms with Gasteiger partial charge >= 0.3 is 137 Å². The third kappa shape index (κ3) is 11.6. The first-order valence-electron chi connectivity index (χ1n) is 10.2. The van der Waals surface area contributed by atoms with Crippen LogP contribution in [-0.2, 0) is 0 Å². The van der Waals surface area contributed by atoms with Gasteiger partial charge < -0.3 is 0 Å². The van der Waals surface area contributed by atoms with Crippen molar-refractivity contribution in [2.24, 2.45) is 0 Å². The Balaban J connectivity index is 4.28. The molecule has 0 heterocycles. The Kier molecular flexibility index (Phi) is 15.6. The van der Waals surface area contributed by atoms with Crippen LogP contribution in [0.15, 0.2) is 0 Å². The molecule has 1 heteroatoms. The molecule has 0 N–H and O–H groups in total. The summed E-state index contributed by atoms with van der Waals surface area (Å²) in [6.07, 6.45) is 24.2. The van der Waals surface area contributed by atoms with E-state index in [9.17, 15) is 0 Å². The Labute approximate surface area is 137 Å². The Bertz CT molecular complexity index is 178. The van der Waals surface area contributed by atoms with Crippen molar-refractivity contribution in [2.75, 3.05) is 24.6 Å². The van der Waals surface area contributed by atoms with E-state index in [0.717, 1.165) is 0 Å². The van der Waals surface area contributed by atoms with Gasteiger partial charge in [0.1, 0.15) is 0 Å². The van der Waals surface area contributed by atoms with Crippen LogP contribution < -0.4 is 0 Å². The Hall–Kier alpha value is 0.430. The van der Waals surface area contributed by atoms with Crippen molar-refractivity contribution in [3.05, 3.63) is 0 Å². The third-order valence-corrected chi connectivity index (χ3v) is 10.9. The summed E-state index contributed by atoms with van der Waals surface area (Å²) >= 11 is 0. The molecule has 0 radical (unpaired) electrons. The molecule has 0 saturated carbocycles. The molecule has 130 valence electrons. The van der Waals surface area contributed by atoms with Crippen molar-refractivity contribution in [3.63, 3.8) is 0 Å². The normalized spacial score (nSPS) is 12.8. The van der Waals surface area contributed by atoms with Crippen molar-refractivity contribution in [1.82, 2.24) is 0 Å². The maximum atomic E-state index is 2.38. The van der Waals surface area contributed by atoms with E-state index in [1.807, 2.05) is 0 Å². The van der Waals surface area contributed by atoms with E-state index in [4.69, 9.17) is 0 Å². The van der Waals surface area contributed by atoms with Gasteiger partial charge in [0.05, 0.1) is 0 Å². The fourth-order valence-electron chi connectivity index (χ4n) is 3.69. The minimum absolute atomic E-state index is 0.927. The van der Waals surface area contributed by atoms with Crippen LogP contribution >= 0.6 is 7.26 Å². The van der Waals surface area contributed by atoms with Gasteiger partial charge in [-0.25, -0.2) is 0 Å². The van der Waals surface area contributed by atoms with Crippen LogP contribution in [0.25, 0.3) is 0 Å². The van der Waals surface area contributed by atoms with E-state index in [-0.39, 0.29) is 0 Å². The van der Waals surface area contributed by atoms with E-state index in [0.29, 0.717) is 0 Å². The second-order valence-corrected chi connectivity index (χ2v) is 12.3. The Morgan fingerprint density at radius 3 is 1.14 bits per heavy atom. The predicted molar refractivity (Wildman–Crippen MR) is 106 cm³/mol. The summed E-state index contributed by atoms with van der Waals surface area (Å²) in [6, 6.07) is 0. The zero-order valence-electron chi connectivity index (χ0n) is 15.8. The van der Waals surface area contributed by atoms with Gasteiger partial charge in [-0.3, -0.25) is 0 Å². The van der Waals surface area contributed by atoms with Crippen LogP contribution in [-0.4, -0.2) is 24.6 Å². The molecule has 0 aromatic rings. The van der Waals surface area contributed by atoms with Crippen LogP contribution in [0.3, 0.4) is 0 Å². The molecule has 0 aliphatic rings. The molecule has 0 amide bonds. The molecule has 0 fully saturated rings. The average Bonchev–Trinajstić information content (AvgIpc) is 2.51. The molecular formula is C20H45P. The molecule has 0 spiro atoms. The quantitative estimate of drug-likeness (QED) is 0.204. The molecule has 0 unspecified atom stereocenters. The zero-order chi connectivity index (χ0) is 15.8. The fraction of sp³-hybridized carbons (Fsp3) is 1.00. The molecule has 0 aromatic carbocycles. The summed E-state index contributed by atoms with van der Waals surface area (Å²) in [5, 5.41) is 0. The van der Waals surface area contributed by atoms with Gasteiger partial charge in [-0.15, -0.1) is 0 Å². The van der Waals surface area contributed by atoms with E-state index in [1.165, 1.54) is 70.6 Å². The first-order valence-corrected chi connectivity index (χ1v) is 13.1. The minimum atomic E-state index is -0.927. The summed E-state index contributed by atoms with van der Waals surface area (Å²) in [5.41, 5.74) is 0. The van der Waals surface area contributed by atoms with Gasteiger partial charge in [-0.1, -0.05) is 0 Å². The standard InChI is InChI=1S/C20H45P/c1-5-9-13-14-15-16-20-21(17-10-6-2,18-11-7-3)19-12-8-4/h21H,5-20H2,1-4H3. The van der Waals surface area contributed by atoms with Crippen LogP contribution in [0.4, 0.5) is 0 Å². The predicted octanol–water partition coefficient (Wildman–Crippen LogP) is 7.50. The first-order chi connectivity index (χ1) is 10.2. The molecular weight excluding hydrogens is 271 g/mol. The summed E-state index contributed by atoms with van der Waals surface area (Å²) in [5.74, 6) is 0. The van der Waals surface area contributed by atoms with Crippen molar-refractivity contribution < 1.29 is 0 Å². The number of unbranched alkanes of at least 4 members (excludes halogenated alkanes) is 8. The van der Waals surface area contributed by atoms with Gasteiger partial charge in [0.15, 0.2) is 0 Å². The van der Waals surface area contributed by atoms with Gasteiger partial charge in [0.25, 0.3) is 0 Å². The van der Waals surface area contributed by atoms with Gasteiger partial charge in [-0.2, -0.15) is 0 Å². The molecule has 21 heavy (non-hydrogen) atoms. The van der Waals surface area contributed by atoms with Crippen LogP contribution in [0, 0.1) is 0 Å². The Morgan fingerprint density at radius 2 is 0.714 bits per heavy atom. The molecule has 0 aromatic heterocycles. The van der Waals surface area contributed by atoms with Crippen molar-refractivity contribution in [3.8, 4) is 0 Å². The summed E-state index contributed by atoms with van der Waals surface area (Å²) in [6.45, 7) is 9.45. The summed E-state index contributed by atoms with van der Waals surface area (Å²) in [7, 11) is -0.927. The van der Waals surface area contributed by atoms with Crippen molar-refractivity contribution >= 4 is 7.26 Å². The van der Waals surface area contributed by atoms with Crippen LogP contribution in [0.5, 0.6) is 0 Å².